The van der Waals surface area contributed by atoms with Crippen LogP contribution in [0.1, 0.15) is 29.2 Å². The van der Waals surface area contributed by atoms with E-state index >= 15 is 0 Å². The Balaban J connectivity index is 2.06. The largest absolute Gasteiger partial charge is 0.419 e. The molecule has 0 aliphatic rings. The standard InChI is InChI=1S/C15H13F4NO/c16-13-8-11(4-5-12(13)15(17,18)19)14(21)6-3-10-2-1-7-20-9-10/h1-2,4-5,7-9,14,21H,3,6H2. The van der Waals surface area contributed by atoms with Crippen LogP contribution in [-0.2, 0) is 12.6 Å². The van der Waals surface area contributed by atoms with Crippen LogP contribution in [0.3, 0.4) is 0 Å². The van der Waals surface area contributed by atoms with Gasteiger partial charge in [-0.3, -0.25) is 4.98 Å². The maximum atomic E-state index is 13.4. The molecule has 2 nitrogen and oxygen atoms in total. The molecule has 0 aliphatic carbocycles. The van der Waals surface area contributed by atoms with E-state index in [4.69, 9.17) is 0 Å². The van der Waals surface area contributed by atoms with Crippen molar-refractivity contribution >= 4 is 0 Å². The quantitative estimate of drug-likeness (QED) is 0.868. The number of halogens is 4. The molecule has 112 valence electrons. The van der Waals surface area contributed by atoms with Crippen molar-refractivity contribution in [2.45, 2.75) is 25.1 Å². The summed E-state index contributed by atoms with van der Waals surface area (Å²) in [6.07, 6.45) is -1.73. The number of pyridine rings is 1. The molecule has 1 N–H and O–H groups in total. The van der Waals surface area contributed by atoms with Crippen LogP contribution < -0.4 is 0 Å². The van der Waals surface area contributed by atoms with Crippen molar-refractivity contribution in [3.05, 3.63) is 65.2 Å². The molecule has 21 heavy (non-hydrogen) atoms. The van der Waals surface area contributed by atoms with E-state index in [0.717, 1.165) is 17.7 Å². The molecule has 0 radical (unpaired) electrons. The van der Waals surface area contributed by atoms with Crippen molar-refractivity contribution in [2.24, 2.45) is 0 Å². The summed E-state index contributed by atoms with van der Waals surface area (Å²) < 4.78 is 50.8. The zero-order chi connectivity index (χ0) is 15.5. The van der Waals surface area contributed by atoms with E-state index in [2.05, 4.69) is 4.98 Å². The fourth-order valence-corrected chi connectivity index (χ4v) is 1.98. The minimum absolute atomic E-state index is 0.129. The number of aromatic nitrogens is 1. The Labute approximate surface area is 119 Å². The molecule has 0 bridgehead atoms. The second kappa shape index (κ2) is 6.22. The first kappa shape index (κ1) is 15.4. The summed E-state index contributed by atoms with van der Waals surface area (Å²) in [5.41, 5.74) is -0.306. The van der Waals surface area contributed by atoms with E-state index in [1.165, 1.54) is 0 Å². The number of benzene rings is 1. The second-order valence-corrected chi connectivity index (χ2v) is 4.65. The Morgan fingerprint density at radius 3 is 2.52 bits per heavy atom. The highest BCUT2D eigenvalue weighted by Gasteiger charge is 2.34. The fourth-order valence-electron chi connectivity index (χ4n) is 1.98. The molecule has 1 atom stereocenters. The van der Waals surface area contributed by atoms with Gasteiger partial charge in [0.2, 0.25) is 0 Å². The fraction of sp³-hybridized carbons (Fsp3) is 0.267. The second-order valence-electron chi connectivity index (χ2n) is 4.65. The van der Waals surface area contributed by atoms with E-state index < -0.39 is 23.7 Å². The normalized spacial score (nSPS) is 13.2. The minimum atomic E-state index is -4.73. The first-order chi connectivity index (χ1) is 9.88. The van der Waals surface area contributed by atoms with Crippen molar-refractivity contribution in [2.75, 3.05) is 0 Å². The van der Waals surface area contributed by atoms with Gasteiger partial charge in [-0.1, -0.05) is 12.1 Å². The highest BCUT2D eigenvalue weighted by molar-refractivity contribution is 5.28. The van der Waals surface area contributed by atoms with Gasteiger partial charge in [0, 0.05) is 12.4 Å². The summed E-state index contributed by atoms with van der Waals surface area (Å²) >= 11 is 0. The lowest BCUT2D eigenvalue weighted by molar-refractivity contribution is -0.140. The maximum absolute atomic E-state index is 13.4. The molecule has 1 aromatic heterocycles. The third kappa shape index (κ3) is 4.01. The molecule has 1 unspecified atom stereocenters. The molecule has 0 fully saturated rings. The number of aliphatic hydroxyl groups excluding tert-OH is 1. The van der Waals surface area contributed by atoms with E-state index in [1.807, 2.05) is 6.07 Å². The van der Waals surface area contributed by atoms with Crippen molar-refractivity contribution in [1.82, 2.24) is 4.98 Å². The van der Waals surface area contributed by atoms with Gasteiger partial charge in [-0.05, 0) is 42.2 Å². The van der Waals surface area contributed by atoms with Crippen molar-refractivity contribution in [1.29, 1.82) is 0 Å². The summed E-state index contributed by atoms with van der Waals surface area (Å²) in [6.45, 7) is 0. The van der Waals surface area contributed by atoms with Gasteiger partial charge in [0.05, 0.1) is 11.7 Å². The molecule has 0 saturated heterocycles. The minimum Gasteiger partial charge on any atom is -0.388 e. The van der Waals surface area contributed by atoms with Crippen molar-refractivity contribution < 1.29 is 22.7 Å². The summed E-state index contributed by atoms with van der Waals surface area (Å²) in [6, 6.07) is 6.06. The summed E-state index contributed by atoms with van der Waals surface area (Å²) in [5.74, 6) is -1.37. The molecule has 1 heterocycles. The zero-order valence-corrected chi connectivity index (χ0v) is 10.9. The molecule has 0 aliphatic heterocycles. The topological polar surface area (TPSA) is 33.1 Å². The van der Waals surface area contributed by atoms with E-state index in [0.29, 0.717) is 12.5 Å². The molecule has 0 saturated carbocycles. The van der Waals surface area contributed by atoms with Crippen LogP contribution in [0, 0.1) is 5.82 Å². The van der Waals surface area contributed by atoms with Crippen molar-refractivity contribution in [3.63, 3.8) is 0 Å². The molecule has 6 heteroatoms. The van der Waals surface area contributed by atoms with Crippen LogP contribution >= 0.6 is 0 Å². The number of alkyl halides is 3. The van der Waals surface area contributed by atoms with Gasteiger partial charge in [-0.15, -0.1) is 0 Å². The Morgan fingerprint density at radius 2 is 1.95 bits per heavy atom. The molecular weight excluding hydrogens is 286 g/mol. The molecule has 2 rings (SSSR count). The summed E-state index contributed by atoms with van der Waals surface area (Å²) in [4.78, 5) is 3.92. The van der Waals surface area contributed by atoms with Crippen LogP contribution in [0.5, 0.6) is 0 Å². The Morgan fingerprint density at radius 1 is 1.19 bits per heavy atom. The molecule has 0 spiro atoms. The lowest BCUT2D eigenvalue weighted by Gasteiger charge is -2.13. The van der Waals surface area contributed by atoms with Gasteiger partial charge >= 0.3 is 6.18 Å². The Bertz CT molecular complexity index is 598. The van der Waals surface area contributed by atoms with Crippen LogP contribution in [0.25, 0.3) is 0 Å². The van der Waals surface area contributed by atoms with Crippen LogP contribution in [0.15, 0.2) is 42.7 Å². The number of aliphatic hydroxyl groups is 1. The molecule has 0 amide bonds. The van der Waals surface area contributed by atoms with E-state index in [-0.39, 0.29) is 12.0 Å². The van der Waals surface area contributed by atoms with Crippen LogP contribution in [0.4, 0.5) is 17.6 Å². The molecule has 1 aromatic carbocycles. The average molecular weight is 299 g/mol. The lowest BCUT2D eigenvalue weighted by Crippen LogP contribution is -2.09. The van der Waals surface area contributed by atoms with Gasteiger partial charge in [0.15, 0.2) is 0 Å². The SMILES string of the molecule is OC(CCc1cccnc1)c1ccc(C(F)(F)F)c(F)c1. The van der Waals surface area contributed by atoms with Gasteiger partial charge in [0.25, 0.3) is 0 Å². The smallest absolute Gasteiger partial charge is 0.388 e. The monoisotopic (exact) mass is 299 g/mol. The highest BCUT2D eigenvalue weighted by Crippen LogP contribution is 2.32. The predicted molar refractivity (Wildman–Crippen MR) is 68.9 cm³/mol. The van der Waals surface area contributed by atoms with Gasteiger partial charge < -0.3 is 5.11 Å². The van der Waals surface area contributed by atoms with E-state index in [9.17, 15) is 22.7 Å². The number of rotatable bonds is 4. The van der Waals surface area contributed by atoms with Gasteiger partial charge in [-0.25, -0.2) is 4.39 Å². The van der Waals surface area contributed by atoms with Crippen LogP contribution in [0.2, 0.25) is 0 Å². The number of hydrogen-bond acceptors (Lipinski definition) is 2. The first-order valence-electron chi connectivity index (χ1n) is 6.31. The van der Waals surface area contributed by atoms with Gasteiger partial charge in [0.1, 0.15) is 5.82 Å². The van der Waals surface area contributed by atoms with Crippen LogP contribution in [-0.4, -0.2) is 10.1 Å². The maximum Gasteiger partial charge on any atom is 0.419 e. The Hall–Kier alpha value is -1.95. The summed E-state index contributed by atoms with van der Waals surface area (Å²) in [7, 11) is 0. The number of aryl methyl sites for hydroxylation is 1. The predicted octanol–water partition coefficient (Wildman–Crippen LogP) is 3.91. The highest BCUT2D eigenvalue weighted by atomic mass is 19.4. The third-order valence-corrected chi connectivity index (χ3v) is 3.11. The van der Waals surface area contributed by atoms with Gasteiger partial charge in [-0.2, -0.15) is 13.2 Å². The summed E-state index contributed by atoms with van der Waals surface area (Å²) in [5, 5.41) is 9.93. The van der Waals surface area contributed by atoms with E-state index in [1.54, 1.807) is 18.5 Å². The number of hydrogen-bond donors (Lipinski definition) is 1. The average Bonchev–Trinajstić information content (AvgIpc) is 2.44. The lowest BCUT2D eigenvalue weighted by atomic mass is 10.0. The van der Waals surface area contributed by atoms with Crippen molar-refractivity contribution in [3.8, 4) is 0 Å². The Kier molecular flexibility index (Phi) is 4.57. The first-order valence-corrected chi connectivity index (χ1v) is 6.31. The third-order valence-electron chi connectivity index (χ3n) is 3.11. The molecule has 2 aromatic rings. The number of nitrogens with zero attached hydrogens (tertiary/aromatic N) is 1. The molecular formula is C15H13F4NO. The zero-order valence-electron chi connectivity index (χ0n) is 10.9.